The molecule has 7 heteroatoms. The van der Waals surface area contributed by atoms with E-state index in [4.69, 9.17) is 27.6 Å². The van der Waals surface area contributed by atoms with Crippen LogP contribution in [0.4, 0.5) is 0 Å². The van der Waals surface area contributed by atoms with Crippen LogP contribution in [0.3, 0.4) is 0 Å². The van der Waals surface area contributed by atoms with E-state index in [1.165, 1.54) is 10.4 Å². The standard InChI is InChI=1S/C36H43Cl2NO2SSi/c1-5-31(39-34(27-19-21-29(37)22-20-27)35(40)28-13-12-14-30(38)25-28)26-42-24-23-41-43(36(2,3)4,32-15-8-6-9-16-32)33-17-10-7-11-18-33/h6-22,25,31,34-35,39-40H,5,23-24,26H2,1-4H3. The summed E-state index contributed by atoms with van der Waals surface area (Å²) in [5, 5.41) is 19.1. The lowest BCUT2D eigenvalue weighted by atomic mass is 9.95. The molecule has 3 nitrogen and oxygen atoms in total. The van der Waals surface area contributed by atoms with Gasteiger partial charge in [0.25, 0.3) is 8.32 Å². The maximum Gasteiger partial charge on any atom is 0.261 e. The molecule has 0 aliphatic rings. The van der Waals surface area contributed by atoms with E-state index < -0.39 is 14.4 Å². The van der Waals surface area contributed by atoms with Crippen molar-refractivity contribution in [3.8, 4) is 0 Å². The molecule has 228 valence electrons. The molecule has 0 aromatic heterocycles. The summed E-state index contributed by atoms with van der Waals surface area (Å²) in [7, 11) is -2.55. The van der Waals surface area contributed by atoms with Crippen LogP contribution in [-0.2, 0) is 4.43 Å². The van der Waals surface area contributed by atoms with Gasteiger partial charge in [0.1, 0.15) is 0 Å². The second-order valence-electron chi connectivity index (χ2n) is 11.9. The van der Waals surface area contributed by atoms with Gasteiger partial charge in [-0.25, -0.2) is 0 Å². The van der Waals surface area contributed by atoms with Crippen molar-refractivity contribution in [3.63, 3.8) is 0 Å². The first kappa shape index (κ1) is 33.8. The molecule has 4 aromatic carbocycles. The molecule has 3 unspecified atom stereocenters. The Balaban J connectivity index is 1.46. The molecular formula is C36H43Cl2NO2SSi. The van der Waals surface area contributed by atoms with Gasteiger partial charge in [-0.3, -0.25) is 0 Å². The largest absolute Gasteiger partial charge is 0.407 e. The topological polar surface area (TPSA) is 41.5 Å². The van der Waals surface area contributed by atoms with E-state index >= 15 is 0 Å². The lowest BCUT2D eigenvalue weighted by molar-refractivity contribution is 0.122. The van der Waals surface area contributed by atoms with Crippen LogP contribution in [0.25, 0.3) is 0 Å². The van der Waals surface area contributed by atoms with Crippen LogP contribution in [-0.4, -0.2) is 37.6 Å². The molecule has 4 rings (SSSR count). The zero-order valence-corrected chi connectivity index (χ0v) is 28.8. The molecule has 0 aliphatic carbocycles. The summed E-state index contributed by atoms with van der Waals surface area (Å²) in [4.78, 5) is 0. The van der Waals surface area contributed by atoms with E-state index in [9.17, 15) is 5.11 Å². The summed E-state index contributed by atoms with van der Waals surface area (Å²) in [5.41, 5.74) is 1.76. The van der Waals surface area contributed by atoms with Crippen molar-refractivity contribution in [1.29, 1.82) is 0 Å². The lowest BCUT2D eigenvalue weighted by Crippen LogP contribution is -2.66. The Morgan fingerprint density at radius 1 is 0.791 bits per heavy atom. The highest BCUT2D eigenvalue weighted by molar-refractivity contribution is 7.99. The number of halogens is 2. The van der Waals surface area contributed by atoms with Crippen LogP contribution in [0.15, 0.2) is 109 Å². The van der Waals surface area contributed by atoms with E-state index in [2.05, 4.69) is 93.7 Å². The van der Waals surface area contributed by atoms with E-state index in [0.717, 1.165) is 29.1 Å². The summed E-state index contributed by atoms with van der Waals surface area (Å²) >= 11 is 14.3. The Hall–Kier alpha value is -2.09. The van der Waals surface area contributed by atoms with Gasteiger partial charge in [-0.05, 0) is 57.2 Å². The van der Waals surface area contributed by atoms with Crippen molar-refractivity contribution in [2.75, 3.05) is 18.1 Å². The molecule has 0 saturated heterocycles. The van der Waals surface area contributed by atoms with Crippen molar-refractivity contribution in [1.82, 2.24) is 5.32 Å². The van der Waals surface area contributed by atoms with Gasteiger partial charge in [-0.2, -0.15) is 11.8 Å². The number of aliphatic hydroxyl groups excluding tert-OH is 1. The Bertz CT molecular complexity index is 1360. The van der Waals surface area contributed by atoms with Gasteiger partial charge in [-0.15, -0.1) is 0 Å². The van der Waals surface area contributed by atoms with Crippen LogP contribution >= 0.6 is 35.0 Å². The molecule has 4 aromatic rings. The third-order valence-corrected chi connectivity index (χ3v) is 14.5. The van der Waals surface area contributed by atoms with Crippen molar-refractivity contribution in [2.45, 2.75) is 57.3 Å². The number of rotatable bonds is 14. The molecular weight excluding hydrogens is 609 g/mol. The third kappa shape index (κ3) is 8.55. The minimum absolute atomic E-state index is 0.0455. The highest BCUT2D eigenvalue weighted by Gasteiger charge is 2.50. The van der Waals surface area contributed by atoms with Crippen LogP contribution in [0.2, 0.25) is 15.1 Å². The fraction of sp³-hybridized carbons (Fsp3) is 0.333. The van der Waals surface area contributed by atoms with Crippen molar-refractivity contribution in [2.24, 2.45) is 0 Å². The molecule has 43 heavy (non-hydrogen) atoms. The van der Waals surface area contributed by atoms with Crippen molar-refractivity contribution >= 4 is 53.7 Å². The Kier molecular flexibility index (Phi) is 12.4. The zero-order chi connectivity index (χ0) is 30.9. The predicted octanol–water partition coefficient (Wildman–Crippen LogP) is 8.45. The highest BCUT2D eigenvalue weighted by atomic mass is 35.5. The summed E-state index contributed by atoms with van der Waals surface area (Å²) in [6.45, 7) is 9.78. The molecule has 0 amide bonds. The van der Waals surface area contributed by atoms with Gasteiger partial charge in [0.2, 0.25) is 0 Å². The summed E-state index contributed by atoms with van der Waals surface area (Å²) < 4.78 is 7.08. The molecule has 0 fully saturated rings. The average molecular weight is 653 g/mol. The van der Waals surface area contributed by atoms with Crippen molar-refractivity contribution < 1.29 is 9.53 Å². The number of aliphatic hydroxyl groups is 1. The summed E-state index contributed by atoms with van der Waals surface area (Å²) in [5.74, 6) is 1.78. The number of thioether (sulfide) groups is 1. The van der Waals surface area contributed by atoms with Crippen molar-refractivity contribution in [3.05, 3.63) is 130 Å². The summed E-state index contributed by atoms with van der Waals surface area (Å²) in [6, 6.07) is 36.6. The van der Waals surface area contributed by atoms with E-state index in [0.29, 0.717) is 16.7 Å². The van der Waals surface area contributed by atoms with Gasteiger partial charge in [0, 0.05) is 34.2 Å². The second kappa shape index (κ2) is 15.8. The minimum Gasteiger partial charge on any atom is -0.407 e. The van der Waals surface area contributed by atoms with E-state index in [-0.39, 0.29) is 17.1 Å². The Morgan fingerprint density at radius 3 is 1.93 bits per heavy atom. The highest BCUT2D eigenvalue weighted by Crippen LogP contribution is 2.37. The zero-order valence-electron chi connectivity index (χ0n) is 25.5. The van der Waals surface area contributed by atoms with Crippen LogP contribution in [0.1, 0.15) is 57.4 Å². The number of hydrogen-bond acceptors (Lipinski definition) is 4. The molecule has 0 saturated carbocycles. The van der Waals surface area contributed by atoms with E-state index in [1.807, 2.05) is 60.3 Å². The number of nitrogens with one attached hydrogen (secondary N) is 1. The predicted molar refractivity (Wildman–Crippen MR) is 189 cm³/mol. The number of hydrogen-bond donors (Lipinski definition) is 2. The third-order valence-electron chi connectivity index (χ3n) is 7.93. The van der Waals surface area contributed by atoms with E-state index in [1.54, 1.807) is 0 Å². The molecule has 0 bridgehead atoms. The fourth-order valence-electron chi connectivity index (χ4n) is 5.70. The first-order valence-electron chi connectivity index (χ1n) is 14.9. The summed E-state index contributed by atoms with van der Waals surface area (Å²) in [6.07, 6.45) is 0.159. The van der Waals surface area contributed by atoms with Gasteiger partial charge in [0.15, 0.2) is 0 Å². The maximum atomic E-state index is 11.5. The quantitative estimate of drug-likeness (QED) is 0.106. The van der Waals surface area contributed by atoms with Gasteiger partial charge in [0.05, 0.1) is 12.1 Å². The Morgan fingerprint density at radius 2 is 1.40 bits per heavy atom. The second-order valence-corrected chi connectivity index (χ2v) is 18.2. The molecule has 0 heterocycles. The SMILES string of the molecule is CCC(CSCCO[Si](c1ccccc1)(c1ccccc1)C(C)(C)C)NC(c1ccc(Cl)cc1)C(O)c1cccc(Cl)c1. The first-order chi connectivity index (χ1) is 20.7. The minimum atomic E-state index is -2.55. The smallest absolute Gasteiger partial charge is 0.261 e. The molecule has 0 radical (unpaired) electrons. The maximum absolute atomic E-state index is 11.5. The van der Waals surface area contributed by atoms with Crippen LogP contribution < -0.4 is 15.7 Å². The molecule has 2 N–H and O–H groups in total. The molecule has 0 spiro atoms. The molecule has 0 aliphatic heterocycles. The van der Waals surface area contributed by atoms with Gasteiger partial charge >= 0.3 is 0 Å². The van der Waals surface area contributed by atoms with Crippen LogP contribution in [0, 0.1) is 0 Å². The Labute approximate surface area is 273 Å². The number of benzene rings is 4. The monoisotopic (exact) mass is 651 g/mol. The lowest BCUT2D eigenvalue weighted by Gasteiger charge is -2.43. The fourth-order valence-corrected chi connectivity index (χ4v) is 11.7. The normalized spacial score (nSPS) is 14.3. The average Bonchev–Trinajstić information content (AvgIpc) is 3.01. The van der Waals surface area contributed by atoms with Gasteiger partial charge in [-0.1, -0.05) is 136 Å². The van der Waals surface area contributed by atoms with Crippen LogP contribution in [0.5, 0.6) is 0 Å². The van der Waals surface area contributed by atoms with Gasteiger partial charge < -0.3 is 14.8 Å². The molecule has 3 atom stereocenters. The first-order valence-corrected chi connectivity index (χ1v) is 18.8.